The summed E-state index contributed by atoms with van der Waals surface area (Å²) >= 11 is 7.70. The van der Waals surface area contributed by atoms with Gasteiger partial charge in [0.2, 0.25) is 5.89 Å². The number of methoxy groups -OCH3 is 1. The van der Waals surface area contributed by atoms with Gasteiger partial charge in [0.1, 0.15) is 17.2 Å². The summed E-state index contributed by atoms with van der Waals surface area (Å²) in [6.07, 6.45) is 3.60. The number of nitrogens with zero attached hydrogens (tertiary/aromatic N) is 4. The number of hydrogen-bond acceptors (Lipinski definition) is 6. The van der Waals surface area contributed by atoms with Crippen LogP contribution in [0.4, 0.5) is 0 Å². The summed E-state index contributed by atoms with van der Waals surface area (Å²) in [5.41, 5.74) is 4.81. The van der Waals surface area contributed by atoms with Crippen molar-refractivity contribution in [1.29, 1.82) is 0 Å². The van der Waals surface area contributed by atoms with Crippen LogP contribution in [0, 0.1) is 6.92 Å². The number of halogens is 1. The Morgan fingerprint density at radius 1 is 1.03 bits per heavy atom. The predicted molar refractivity (Wildman–Crippen MR) is 131 cm³/mol. The molecule has 5 aromatic rings. The van der Waals surface area contributed by atoms with E-state index >= 15 is 0 Å². The largest absolute Gasteiger partial charge is 0.497 e. The van der Waals surface area contributed by atoms with Crippen molar-refractivity contribution in [3.05, 3.63) is 89.0 Å². The number of imidazole rings is 1. The van der Waals surface area contributed by atoms with E-state index in [1.807, 2.05) is 55.6 Å². The molecule has 0 saturated heterocycles. The number of oxazole rings is 1. The van der Waals surface area contributed by atoms with E-state index in [2.05, 4.69) is 21.7 Å². The Morgan fingerprint density at radius 3 is 2.58 bits per heavy atom. The van der Waals surface area contributed by atoms with E-state index in [1.165, 1.54) is 5.56 Å². The first-order valence-corrected chi connectivity index (χ1v) is 11.8. The monoisotopic (exact) mass is 476 g/mol. The van der Waals surface area contributed by atoms with E-state index in [-0.39, 0.29) is 0 Å². The molecule has 0 saturated carbocycles. The van der Waals surface area contributed by atoms with Crippen molar-refractivity contribution in [2.24, 2.45) is 0 Å². The van der Waals surface area contributed by atoms with Crippen LogP contribution in [0.5, 0.6) is 5.75 Å². The fourth-order valence-corrected chi connectivity index (χ4v) is 4.62. The Labute approximate surface area is 200 Å². The molecule has 0 aliphatic heterocycles. The van der Waals surface area contributed by atoms with E-state index in [0.29, 0.717) is 17.5 Å². The smallest absolute Gasteiger partial charge is 0.226 e. The molecule has 0 aliphatic rings. The second-order valence-corrected chi connectivity index (χ2v) is 8.89. The zero-order valence-corrected chi connectivity index (χ0v) is 19.7. The van der Waals surface area contributed by atoms with Gasteiger partial charge >= 0.3 is 0 Å². The number of thioether (sulfide) groups is 1. The van der Waals surface area contributed by atoms with Crippen LogP contribution in [-0.4, -0.2) is 26.6 Å². The van der Waals surface area contributed by atoms with Crippen molar-refractivity contribution in [3.63, 3.8) is 0 Å². The van der Waals surface area contributed by atoms with Gasteiger partial charge in [-0.25, -0.2) is 9.97 Å². The molecule has 6 nitrogen and oxygen atoms in total. The van der Waals surface area contributed by atoms with Crippen LogP contribution in [0.25, 0.3) is 22.5 Å². The van der Waals surface area contributed by atoms with Crippen LogP contribution in [0.15, 0.2) is 76.6 Å². The molecule has 3 heterocycles. The van der Waals surface area contributed by atoms with E-state index in [0.717, 1.165) is 44.7 Å². The zero-order valence-electron chi connectivity index (χ0n) is 18.2. The third-order valence-corrected chi connectivity index (χ3v) is 6.63. The van der Waals surface area contributed by atoms with Crippen molar-refractivity contribution in [1.82, 2.24) is 19.5 Å². The normalized spacial score (nSPS) is 11.2. The predicted octanol–water partition coefficient (Wildman–Crippen LogP) is 6.40. The average Bonchev–Trinajstić information content (AvgIpc) is 3.39. The molecule has 0 atom stereocenters. The highest BCUT2D eigenvalue weighted by atomic mass is 35.5. The fraction of sp³-hybridized carbons (Fsp3) is 0.160. The topological polar surface area (TPSA) is 66.0 Å². The van der Waals surface area contributed by atoms with E-state index in [4.69, 9.17) is 30.7 Å². The first-order valence-electron chi connectivity index (χ1n) is 10.4. The molecule has 0 unspecified atom stereocenters. The minimum absolute atomic E-state index is 0.538. The van der Waals surface area contributed by atoms with Gasteiger partial charge in [0.15, 0.2) is 5.16 Å². The lowest BCUT2D eigenvalue weighted by Gasteiger charge is -2.08. The fourth-order valence-electron chi connectivity index (χ4n) is 3.52. The maximum Gasteiger partial charge on any atom is 0.226 e. The quantitative estimate of drug-likeness (QED) is 0.253. The van der Waals surface area contributed by atoms with E-state index < -0.39 is 0 Å². The number of hydrogen-bond donors (Lipinski definition) is 0. The van der Waals surface area contributed by atoms with Gasteiger partial charge < -0.3 is 13.7 Å². The second-order valence-electron chi connectivity index (χ2n) is 7.51. The van der Waals surface area contributed by atoms with Crippen molar-refractivity contribution in [2.45, 2.75) is 24.4 Å². The van der Waals surface area contributed by atoms with Crippen LogP contribution in [0.1, 0.15) is 17.0 Å². The van der Waals surface area contributed by atoms with E-state index in [1.54, 1.807) is 25.1 Å². The number of aromatic nitrogens is 4. The van der Waals surface area contributed by atoms with Crippen LogP contribution in [0.3, 0.4) is 0 Å². The summed E-state index contributed by atoms with van der Waals surface area (Å²) in [5, 5.41) is 1.59. The molecular weight excluding hydrogens is 456 g/mol. The van der Waals surface area contributed by atoms with Crippen molar-refractivity contribution >= 4 is 34.4 Å². The summed E-state index contributed by atoms with van der Waals surface area (Å²) in [6.45, 7) is 2.47. The third kappa shape index (κ3) is 4.60. The molecule has 0 aliphatic carbocycles. The Bertz CT molecular complexity index is 1390. The maximum atomic E-state index is 6.02. The Kier molecular flexibility index (Phi) is 6.07. The number of benzene rings is 2. The molecule has 166 valence electrons. The molecule has 5 rings (SSSR count). The van der Waals surface area contributed by atoms with Crippen LogP contribution in [0.2, 0.25) is 5.02 Å². The minimum atomic E-state index is 0.538. The molecule has 0 spiro atoms. The third-order valence-electron chi connectivity index (χ3n) is 5.33. The Morgan fingerprint density at radius 2 is 1.82 bits per heavy atom. The first-order chi connectivity index (χ1) is 16.1. The Balaban J connectivity index is 1.44. The molecular formula is C25H21ClN4O2S. The molecule has 0 fully saturated rings. The molecule has 0 radical (unpaired) electrons. The summed E-state index contributed by atoms with van der Waals surface area (Å²) < 4.78 is 13.4. The molecule has 8 heteroatoms. The van der Waals surface area contributed by atoms with Crippen LogP contribution < -0.4 is 4.74 Å². The van der Waals surface area contributed by atoms with Gasteiger partial charge in [-0.05, 0) is 55.0 Å². The first kappa shape index (κ1) is 21.6. The lowest BCUT2D eigenvalue weighted by molar-refractivity contribution is 0.414. The number of aryl methyl sites for hydroxylation is 1. The molecule has 0 amide bonds. The summed E-state index contributed by atoms with van der Waals surface area (Å²) in [7, 11) is 1.67. The van der Waals surface area contributed by atoms with Crippen LogP contribution >= 0.6 is 23.4 Å². The molecule has 2 aromatic carbocycles. The number of pyridine rings is 1. The van der Waals surface area contributed by atoms with Gasteiger partial charge in [0.25, 0.3) is 0 Å². The van der Waals surface area contributed by atoms with E-state index in [9.17, 15) is 0 Å². The SMILES string of the molecule is COc1ccc(CSc2nc3ccncc3n2Cc2nc(-c3ccc(Cl)cc3)oc2C)cc1. The van der Waals surface area contributed by atoms with Gasteiger partial charge in [0, 0.05) is 22.5 Å². The summed E-state index contributed by atoms with van der Waals surface area (Å²) in [5.74, 6) is 2.99. The zero-order chi connectivity index (χ0) is 22.8. The minimum Gasteiger partial charge on any atom is -0.497 e. The molecule has 0 N–H and O–H groups in total. The standard InChI is InChI=1S/C25H21ClN4O2S/c1-16-22(28-24(32-16)18-5-7-19(26)8-6-18)14-30-23-13-27-12-11-21(23)29-25(30)33-15-17-3-9-20(31-2)10-4-17/h3-13H,14-15H2,1-2H3. The Hall–Kier alpha value is -3.29. The van der Waals surface area contributed by atoms with Crippen molar-refractivity contribution in [3.8, 4) is 17.2 Å². The number of rotatable bonds is 7. The van der Waals surface area contributed by atoms with Gasteiger partial charge in [-0.1, -0.05) is 35.5 Å². The van der Waals surface area contributed by atoms with Crippen molar-refractivity contribution in [2.75, 3.05) is 7.11 Å². The molecule has 0 bridgehead atoms. The average molecular weight is 477 g/mol. The lowest BCUT2D eigenvalue weighted by Crippen LogP contribution is -2.03. The van der Waals surface area contributed by atoms with Crippen molar-refractivity contribution < 1.29 is 9.15 Å². The highest BCUT2D eigenvalue weighted by Gasteiger charge is 2.17. The summed E-state index contributed by atoms with van der Waals surface area (Å²) in [6, 6.07) is 17.5. The second kappa shape index (κ2) is 9.29. The molecule has 33 heavy (non-hydrogen) atoms. The number of ether oxygens (including phenoxy) is 1. The highest BCUT2D eigenvalue weighted by Crippen LogP contribution is 2.30. The van der Waals surface area contributed by atoms with Crippen LogP contribution in [-0.2, 0) is 12.3 Å². The van der Waals surface area contributed by atoms with Gasteiger partial charge in [-0.3, -0.25) is 4.98 Å². The van der Waals surface area contributed by atoms with Gasteiger partial charge in [0.05, 0.1) is 30.9 Å². The number of fused-ring (bicyclic) bond motifs is 1. The maximum absolute atomic E-state index is 6.02. The van der Waals surface area contributed by atoms with Gasteiger partial charge in [-0.15, -0.1) is 0 Å². The lowest BCUT2D eigenvalue weighted by atomic mass is 10.2. The highest BCUT2D eigenvalue weighted by molar-refractivity contribution is 7.98. The summed E-state index contributed by atoms with van der Waals surface area (Å²) in [4.78, 5) is 13.9. The van der Waals surface area contributed by atoms with Gasteiger partial charge in [-0.2, -0.15) is 0 Å². The molecule has 3 aromatic heterocycles.